The van der Waals surface area contributed by atoms with Crippen molar-refractivity contribution >= 4 is 5.91 Å². The molecule has 2 heterocycles. The van der Waals surface area contributed by atoms with Gasteiger partial charge < -0.3 is 9.42 Å². The van der Waals surface area contributed by atoms with Gasteiger partial charge in [-0.05, 0) is 30.3 Å². The molecule has 1 saturated heterocycles. The zero-order chi connectivity index (χ0) is 19.5. The molecule has 4 rings (SSSR count). The summed E-state index contributed by atoms with van der Waals surface area (Å²) < 4.78 is 32.1. The smallest absolute Gasteiger partial charge is 0.276 e. The Morgan fingerprint density at radius 3 is 2.43 bits per heavy atom. The second-order valence-electron chi connectivity index (χ2n) is 6.74. The van der Waals surface area contributed by atoms with E-state index in [0.29, 0.717) is 49.6 Å². The molecule has 144 valence electrons. The van der Waals surface area contributed by atoms with E-state index in [0.717, 1.165) is 0 Å². The number of halogens is 2. The van der Waals surface area contributed by atoms with Gasteiger partial charge in [-0.3, -0.25) is 9.69 Å². The van der Waals surface area contributed by atoms with Gasteiger partial charge in [0.2, 0.25) is 0 Å². The summed E-state index contributed by atoms with van der Waals surface area (Å²) in [5.41, 5.74) is 1.53. The SMILES string of the molecule is O=C(c1cc(-c2ccc(F)cc2)on1)N1CCN(Cc2ccccc2F)CC1. The van der Waals surface area contributed by atoms with Crippen LogP contribution in [0, 0.1) is 11.6 Å². The van der Waals surface area contributed by atoms with Crippen molar-refractivity contribution in [2.45, 2.75) is 6.54 Å². The van der Waals surface area contributed by atoms with Crippen LogP contribution in [0.25, 0.3) is 11.3 Å². The number of carbonyl (C=O) groups excluding carboxylic acids is 1. The fourth-order valence-corrected chi connectivity index (χ4v) is 3.26. The number of amides is 1. The second-order valence-corrected chi connectivity index (χ2v) is 6.74. The molecule has 0 unspecified atom stereocenters. The maximum atomic E-state index is 13.8. The van der Waals surface area contributed by atoms with E-state index in [1.165, 1.54) is 18.2 Å². The highest BCUT2D eigenvalue weighted by Crippen LogP contribution is 2.22. The third-order valence-corrected chi connectivity index (χ3v) is 4.87. The maximum absolute atomic E-state index is 13.8. The molecule has 0 aliphatic carbocycles. The van der Waals surface area contributed by atoms with Crippen LogP contribution in [0.5, 0.6) is 0 Å². The molecule has 1 amide bonds. The average molecular weight is 383 g/mol. The van der Waals surface area contributed by atoms with Gasteiger partial charge in [-0.25, -0.2) is 8.78 Å². The number of piperazine rings is 1. The minimum Gasteiger partial charge on any atom is -0.355 e. The van der Waals surface area contributed by atoms with Gasteiger partial charge in [-0.1, -0.05) is 23.4 Å². The monoisotopic (exact) mass is 383 g/mol. The van der Waals surface area contributed by atoms with Crippen LogP contribution in [0.3, 0.4) is 0 Å². The molecule has 2 aromatic carbocycles. The van der Waals surface area contributed by atoms with E-state index in [9.17, 15) is 13.6 Å². The first kappa shape index (κ1) is 18.3. The van der Waals surface area contributed by atoms with Gasteiger partial charge in [0.15, 0.2) is 11.5 Å². The fourth-order valence-electron chi connectivity index (χ4n) is 3.26. The third kappa shape index (κ3) is 3.94. The van der Waals surface area contributed by atoms with Crippen molar-refractivity contribution in [2.24, 2.45) is 0 Å². The second kappa shape index (κ2) is 7.90. The van der Waals surface area contributed by atoms with Gasteiger partial charge in [0, 0.05) is 49.9 Å². The Hall–Kier alpha value is -3.06. The first-order valence-electron chi connectivity index (χ1n) is 9.08. The van der Waals surface area contributed by atoms with E-state index in [1.54, 1.807) is 35.2 Å². The molecule has 1 aliphatic heterocycles. The Kier molecular flexibility index (Phi) is 5.16. The van der Waals surface area contributed by atoms with Gasteiger partial charge in [0.25, 0.3) is 5.91 Å². The lowest BCUT2D eigenvalue weighted by molar-refractivity contribution is 0.0617. The largest absolute Gasteiger partial charge is 0.355 e. The van der Waals surface area contributed by atoms with Gasteiger partial charge >= 0.3 is 0 Å². The zero-order valence-electron chi connectivity index (χ0n) is 15.1. The lowest BCUT2D eigenvalue weighted by Gasteiger charge is -2.34. The molecule has 0 bridgehead atoms. The summed E-state index contributed by atoms with van der Waals surface area (Å²) in [4.78, 5) is 16.5. The molecule has 1 aromatic heterocycles. The highest BCUT2D eigenvalue weighted by Gasteiger charge is 2.25. The van der Waals surface area contributed by atoms with Crippen LogP contribution in [0.1, 0.15) is 16.1 Å². The topological polar surface area (TPSA) is 49.6 Å². The van der Waals surface area contributed by atoms with Crippen molar-refractivity contribution in [3.8, 4) is 11.3 Å². The van der Waals surface area contributed by atoms with Crippen molar-refractivity contribution in [3.63, 3.8) is 0 Å². The number of rotatable bonds is 4. The van der Waals surface area contributed by atoms with Gasteiger partial charge in [-0.2, -0.15) is 0 Å². The molecular formula is C21H19F2N3O2. The predicted octanol–water partition coefficient (Wildman–Crippen LogP) is 3.58. The van der Waals surface area contributed by atoms with Gasteiger partial charge in [-0.15, -0.1) is 0 Å². The van der Waals surface area contributed by atoms with Crippen molar-refractivity contribution in [3.05, 3.63) is 77.5 Å². The molecule has 0 saturated carbocycles. The highest BCUT2D eigenvalue weighted by molar-refractivity contribution is 5.93. The Morgan fingerprint density at radius 1 is 1.00 bits per heavy atom. The Bertz CT molecular complexity index is 964. The van der Waals surface area contributed by atoms with E-state index >= 15 is 0 Å². The van der Waals surface area contributed by atoms with Crippen LogP contribution in [0.2, 0.25) is 0 Å². The Labute approximate surface area is 161 Å². The summed E-state index contributed by atoms with van der Waals surface area (Å²) >= 11 is 0. The molecule has 0 radical (unpaired) electrons. The molecule has 0 N–H and O–H groups in total. The van der Waals surface area contributed by atoms with Crippen LogP contribution in [-0.2, 0) is 6.54 Å². The predicted molar refractivity (Wildman–Crippen MR) is 99.5 cm³/mol. The van der Waals surface area contributed by atoms with E-state index in [4.69, 9.17) is 4.52 Å². The first-order valence-corrected chi connectivity index (χ1v) is 9.08. The van der Waals surface area contributed by atoms with E-state index in [-0.39, 0.29) is 23.2 Å². The summed E-state index contributed by atoms with van der Waals surface area (Å²) in [6.07, 6.45) is 0. The van der Waals surface area contributed by atoms with Crippen LogP contribution >= 0.6 is 0 Å². The normalized spacial score (nSPS) is 15.0. The number of hydrogen-bond acceptors (Lipinski definition) is 4. The van der Waals surface area contributed by atoms with Gasteiger partial charge in [0.05, 0.1) is 0 Å². The highest BCUT2D eigenvalue weighted by atomic mass is 19.1. The molecule has 1 aliphatic rings. The number of carbonyl (C=O) groups is 1. The van der Waals surface area contributed by atoms with Crippen LogP contribution in [0.4, 0.5) is 8.78 Å². The number of hydrogen-bond donors (Lipinski definition) is 0. The quantitative estimate of drug-likeness (QED) is 0.691. The lowest BCUT2D eigenvalue weighted by atomic mass is 10.1. The van der Waals surface area contributed by atoms with Crippen LogP contribution in [-0.4, -0.2) is 47.0 Å². The van der Waals surface area contributed by atoms with Crippen LogP contribution in [0.15, 0.2) is 59.1 Å². The number of aromatic nitrogens is 1. The Morgan fingerprint density at radius 2 is 1.71 bits per heavy atom. The molecule has 1 fully saturated rings. The van der Waals surface area contributed by atoms with Crippen molar-refractivity contribution in [1.82, 2.24) is 15.0 Å². The molecule has 7 heteroatoms. The van der Waals surface area contributed by atoms with Crippen molar-refractivity contribution < 1.29 is 18.1 Å². The fraction of sp³-hybridized carbons (Fsp3) is 0.238. The van der Waals surface area contributed by atoms with Crippen LogP contribution < -0.4 is 0 Å². The average Bonchev–Trinajstić information content (AvgIpc) is 3.20. The molecule has 0 spiro atoms. The zero-order valence-corrected chi connectivity index (χ0v) is 15.1. The summed E-state index contributed by atoms with van der Waals surface area (Å²) in [6, 6.07) is 14.1. The molecule has 28 heavy (non-hydrogen) atoms. The third-order valence-electron chi connectivity index (χ3n) is 4.87. The minimum absolute atomic E-state index is 0.206. The summed E-state index contributed by atoms with van der Waals surface area (Å²) in [5, 5.41) is 3.87. The standard InChI is InChI=1S/C21H19F2N3O2/c22-17-7-5-15(6-8-17)20-13-19(24-28-20)21(27)26-11-9-25(10-12-26)14-16-3-1-2-4-18(16)23/h1-8,13H,9-12,14H2. The number of benzene rings is 2. The van der Waals surface area contributed by atoms with Gasteiger partial charge in [0.1, 0.15) is 11.6 Å². The van der Waals surface area contributed by atoms with E-state index in [1.807, 2.05) is 6.07 Å². The number of nitrogens with zero attached hydrogens (tertiary/aromatic N) is 3. The van der Waals surface area contributed by atoms with Crippen molar-refractivity contribution in [1.29, 1.82) is 0 Å². The first-order chi connectivity index (χ1) is 13.6. The maximum Gasteiger partial charge on any atom is 0.276 e. The molecule has 0 atom stereocenters. The summed E-state index contributed by atoms with van der Waals surface area (Å²) in [5.74, 6) is -0.339. The lowest BCUT2D eigenvalue weighted by Crippen LogP contribution is -2.48. The molecule has 3 aromatic rings. The minimum atomic E-state index is -0.340. The summed E-state index contributed by atoms with van der Waals surface area (Å²) in [7, 11) is 0. The molecule has 5 nitrogen and oxygen atoms in total. The summed E-state index contributed by atoms with van der Waals surface area (Å²) in [6.45, 7) is 2.90. The molecular weight excluding hydrogens is 364 g/mol. The van der Waals surface area contributed by atoms with E-state index in [2.05, 4.69) is 10.1 Å². The van der Waals surface area contributed by atoms with Crippen molar-refractivity contribution in [2.75, 3.05) is 26.2 Å². The Balaban J connectivity index is 1.36. The van der Waals surface area contributed by atoms with E-state index < -0.39 is 0 Å².